The second-order valence-corrected chi connectivity index (χ2v) is 7.93. The molecule has 1 N–H and O–H groups in total. The first kappa shape index (κ1) is 18.6. The average Bonchev–Trinajstić information content (AvgIpc) is 3.21. The SMILES string of the molecule is C[N+]1(C(=O)O)CCc2ccccc2C(C(=O)N2CCCC2)C1c1ccccn1. The number of carbonyl (C=O) groups is 2. The van der Waals surface area contributed by atoms with Crippen LogP contribution in [0.15, 0.2) is 48.7 Å². The summed E-state index contributed by atoms with van der Waals surface area (Å²) in [6.07, 6.45) is 3.36. The number of amides is 2. The molecule has 146 valence electrons. The molecule has 4 rings (SSSR count). The normalized spacial score (nSPS) is 27.1. The highest BCUT2D eigenvalue weighted by atomic mass is 16.4. The molecular formula is C22H26N3O3+. The van der Waals surface area contributed by atoms with Gasteiger partial charge in [0, 0.05) is 25.7 Å². The van der Waals surface area contributed by atoms with Gasteiger partial charge < -0.3 is 10.0 Å². The van der Waals surface area contributed by atoms with E-state index < -0.39 is 18.1 Å². The van der Waals surface area contributed by atoms with Crippen LogP contribution in [0.25, 0.3) is 0 Å². The van der Waals surface area contributed by atoms with E-state index in [1.165, 1.54) is 0 Å². The molecule has 2 amide bonds. The molecule has 0 radical (unpaired) electrons. The number of hydrogen-bond acceptors (Lipinski definition) is 3. The Morgan fingerprint density at radius 3 is 2.50 bits per heavy atom. The first-order valence-electron chi connectivity index (χ1n) is 9.88. The molecule has 2 aliphatic rings. The molecular weight excluding hydrogens is 354 g/mol. The van der Waals surface area contributed by atoms with E-state index in [0.29, 0.717) is 18.7 Å². The second kappa shape index (κ2) is 7.36. The van der Waals surface area contributed by atoms with Gasteiger partial charge in [0.2, 0.25) is 5.91 Å². The molecule has 0 saturated carbocycles. The fourth-order valence-corrected chi connectivity index (χ4v) is 4.69. The van der Waals surface area contributed by atoms with Crippen LogP contribution in [-0.4, -0.2) is 58.2 Å². The molecule has 6 heteroatoms. The van der Waals surface area contributed by atoms with Gasteiger partial charge in [-0.3, -0.25) is 9.78 Å². The van der Waals surface area contributed by atoms with Crippen molar-refractivity contribution in [2.45, 2.75) is 31.2 Å². The molecule has 1 fully saturated rings. The molecule has 28 heavy (non-hydrogen) atoms. The summed E-state index contributed by atoms with van der Waals surface area (Å²) < 4.78 is -0.254. The molecule has 2 aliphatic heterocycles. The van der Waals surface area contributed by atoms with Gasteiger partial charge in [-0.15, -0.1) is 0 Å². The Hall–Kier alpha value is -2.73. The quantitative estimate of drug-likeness (QED) is 0.812. The van der Waals surface area contributed by atoms with Gasteiger partial charge in [0.05, 0.1) is 19.3 Å². The van der Waals surface area contributed by atoms with Crippen LogP contribution in [0, 0.1) is 0 Å². The van der Waals surface area contributed by atoms with Crippen LogP contribution in [0.3, 0.4) is 0 Å². The fourth-order valence-electron chi connectivity index (χ4n) is 4.69. The van der Waals surface area contributed by atoms with E-state index in [9.17, 15) is 14.7 Å². The lowest BCUT2D eigenvalue weighted by atomic mass is 9.84. The molecule has 6 nitrogen and oxygen atoms in total. The molecule has 3 heterocycles. The lowest BCUT2D eigenvalue weighted by Crippen LogP contribution is -2.55. The van der Waals surface area contributed by atoms with Crippen molar-refractivity contribution in [2.75, 3.05) is 26.7 Å². The number of benzene rings is 1. The molecule has 0 bridgehead atoms. The van der Waals surface area contributed by atoms with E-state index in [-0.39, 0.29) is 10.4 Å². The maximum atomic E-state index is 13.7. The summed E-state index contributed by atoms with van der Waals surface area (Å²) in [4.78, 5) is 32.6. The zero-order valence-corrected chi connectivity index (χ0v) is 16.1. The zero-order valence-electron chi connectivity index (χ0n) is 16.1. The number of pyridine rings is 1. The van der Waals surface area contributed by atoms with Crippen molar-refractivity contribution in [3.8, 4) is 0 Å². The number of nitrogens with zero attached hydrogens (tertiary/aromatic N) is 3. The summed E-state index contributed by atoms with van der Waals surface area (Å²) in [6, 6.07) is 12.9. The van der Waals surface area contributed by atoms with Gasteiger partial charge in [-0.25, -0.2) is 4.48 Å². The van der Waals surface area contributed by atoms with E-state index >= 15 is 0 Å². The van der Waals surface area contributed by atoms with Gasteiger partial charge in [-0.1, -0.05) is 30.3 Å². The molecule has 0 spiro atoms. The van der Waals surface area contributed by atoms with E-state index in [4.69, 9.17) is 0 Å². The molecule has 0 aliphatic carbocycles. The summed E-state index contributed by atoms with van der Waals surface area (Å²) >= 11 is 0. The molecule has 1 aromatic heterocycles. The van der Waals surface area contributed by atoms with E-state index in [1.54, 1.807) is 13.2 Å². The highest BCUT2D eigenvalue weighted by Gasteiger charge is 2.52. The smallest absolute Gasteiger partial charge is 0.435 e. The van der Waals surface area contributed by atoms with Crippen molar-refractivity contribution in [3.63, 3.8) is 0 Å². The van der Waals surface area contributed by atoms with E-state index in [1.807, 2.05) is 47.4 Å². The van der Waals surface area contributed by atoms with Crippen molar-refractivity contribution in [3.05, 3.63) is 65.5 Å². The van der Waals surface area contributed by atoms with Gasteiger partial charge in [0.25, 0.3) is 0 Å². The highest BCUT2D eigenvalue weighted by Crippen LogP contribution is 2.44. The maximum Gasteiger partial charge on any atom is 0.513 e. The van der Waals surface area contributed by atoms with Crippen LogP contribution < -0.4 is 0 Å². The Bertz CT molecular complexity index is 880. The third kappa shape index (κ3) is 3.07. The third-order valence-electron chi connectivity index (χ3n) is 6.28. The van der Waals surface area contributed by atoms with Crippen LogP contribution in [-0.2, 0) is 11.2 Å². The lowest BCUT2D eigenvalue weighted by molar-refractivity contribution is -0.870. The zero-order chi connectivity index (χ0) is 19.7. The van der Waals surface area contributed by atoms with Crippen LogP contribution >= 0.6 is 0 Å². The molecule has 3 unspecified atom stereocenters. The number of aromatic nitrogens is 1. The fraction of sp³-hybridized carbons (Fsp3) is 0.409. The summed E-state index contributed by atoms with van der Waals surface area (Å²) in [5.74, 6) is -0.541. The average molecular weight is 380 g/mol. The van der Waals surface area contributed by atoms with Crippen LogP contribution in [0.1, 0.15) is 41.6 Å². The molecule has 3 atom stereocenters. The maximum absolute atomic E-state index is 13.7. The first-order valence-corrected chi connectivity index (χ1v) is 9.88. The van der Waals surface area contributed by atoms with Gasteiger partial charge >= 0.3 is 6.09 Å². The highest BCUT2D eigenvalue weighted by molar-refractivity contribution is 5.85. The summed E-state index contributed by atoms with van der Waals surface area (Å²) in [7, 11) is 1.72. The van der Waals surface area contributed by atoms with Gasteiger partial charge in [0.15, 0.2) is 6.04 Å². The van der Waals surface area contributed by atoms with E-state index in [0.717, 1.165) is 37.1 Å². The topological polar surface area (TPSA) is 70.5 Å². The molecule has 2 aromatic rings. The summed E-state index contributed by atoms with van der Waals surface area (Å²) in [6.45, 7) is 1.89. The number of fused-ring (bicyclic) bond motifs is 1. The van der Waals surface area contributed by atoms with Gasteiger partial charge in [-0.05, 0) is 36.1 Å². The largest absolute Gasteiger partial charge is 0.513 e. The minimum Gasteiger partial charge on any atom is -0.435 e. The number of likely N-dealkylation sites (tertiary alicyclic amines) is 1. The van der Waals surface area contributed by atoms with Crippen LogP contribution in [0.5, 0.6) is 0 Å². The lowest BCUT2D eigenvalue weighted by Gasteiger charge is -2.38. The number of rotatable bonds is 2. The van der Waals surface area contributed by atoms with Crippen molar-refractivity contribution in [1.82, 2.24) is 9.88 Å². The summed E-state index contributed by atoms with van der Waals surface area (Å²) in [5, 5.41) is 10.2. The monoisotopic (exact) mass is 380 g/mol. The minimum atomic E-state index is -0.928. The predicted molar refractivity (Wildman–Crippen MR) is 105 cm³/mol. The van der Waals surface area contributed by atoms with Gasteiger partial charge in [0.1, 0.15) is 5.92 Å². The second-order valence-electron chi connectivity index (χ2n) is 7.93. The third-order valence-corrected chi connectivity index (χ3v) is 6.28. The standard InChI is InChI=1S/C22H25N3O3/c1-25(22(27)28)15-11-16-8-2-3-9-17(16)19(21(26)24-13-6-7-14-24)20(25)18-10-4-5-12-23-18/h2-5,8-10,12,19-20H,6-7,11,13-15H2,1H3/p+1. The van der Waals surface area contributed by atoms with Crippen molar-refractivity contribution >= 4 is 12.0 Å². The van der Waals surface area contributed by atoms with Crippen molar-refractivity contribution in [1.29, 1.82) is 0 Å². The molecule has 1 aromatic carbocycles. The summed E-state index contributed by atoms with van der Waals surface area (Å²) in [5.41, 5.74) is 2.66. The van der Waals surface area contributed by atoms with E-state index in [2.05, 4.69) is 4.98 Å². The Balaban J connectivity index is 1.93. The minimum absolute atomic E-state index is 0.0214. The van der Waals surface area contributed by atoms with Crippen LogP contribution in [0.2, 0.25) is 0 Å². The van der Waals surface area contributed by atoms with Crippen molar-refractivity contribution < 1.29 is 19.2 Å². The van der Waals surface area contributed by atoms with Crippen molar-refractivity contribution in [2.24, 2.45) is 0 Å². The number of hydrogen-bond donors (Lipinski definition) is 1. The number of carbonyl (C=O) groups excluding carboxylic acids is 1. The first-order chi connectivity index (χ1) is 13.5. The van der Waals surface area contributed by atoms with Gasteiger partial charge in [-0.2, -0.15) is 4.79 Å². The Morgan fingerprint density at radius 2 is 1.82 bits per heavy atom. The Labute approximate surface area is 165 Å². The van der Waals surface area contributed by atoms with Crippen LogP contribution in [0.4, 0.5) is 4.79 Å². The number of likely N-dealkylation sites (N-methyl/N-ethyl adjacent to an activating group) is 1. The Kier molecular flexibility index (Phi) is 4.89. The Morgan fingerprint density at radius 1 is 1.11 bits per heavy atom. The number of carboxylic acid groups (broad SMARTS) is 1. The number of quaternary nitrogens is 1. The molecule has 1 saturated heterocycles. The predicted octanol–water partition coefficient (Wildman–Crippen LogP) is 3.21.